The van der Waals surface area contributed by atoms with Crippen molar-refractivity contribution in [3.8, 4) is 0 Å². The minimum absolute atomic E-state index is 0.410. The van der Waals surface area contributed by atoms with Crippen molar-refractivity contribution < 1.29 is 9.90 Å². The van der Waals surface area contributed by atoms with Gasteiger partial charge in [0.2, 0.25) is 0 Å². The lowest BCUT2D eigenvalue weighted by Gasteiger charge is -2.17. The van der Waals surface area contributed by atoms with Gasteiger partial charge in [-0.2, -0.15) is 0 Å². The van der Waals surface area contributed by atoms with Crippen molar-refractivity contribution in [2.75, 3.05) is 0 Å². The highest BCUT2D eigenvalue weighted by atomic mass is 35.5. The van der Waals surface area contributed by atoms with Gasteiger partial charge in [0.25, 0.3) is 0 Å². The fraction of sp³-hybridized carbons (Fsp3) is 0.462. The molecule has 1 aromatic carbocycles. The van der Waals surface area contributed by atoms with Gasteiger partial charge >= 0.3 is 5.97 Å². The molecule has 1 atom stereocenters. The molecule has 1 aliphatic rings. The summed E-state index contributed by atoms with van der Waals surface area (Å²) >= 11 is 13.3. The zero-order valence-corrected chi connectivity index (χ0v) is 12.1. The molecule has 1 aliphatic carbocycles. The maximum Gasteiger partial charge on any atom is 0.321 e. The quantitative estimate of drug-likeness (QED) is 0.868. The molecular formula is C13H14Cl2O2S. The first-order chi connectivity index (χ1) is 8.58. The zero-order valence-electron chi connectivity index (χ0n) is 9.73. The highest BCUT2D eigenvalue weighted by Gasteiger charge is 2.27. The Morgan fingerprint density at radius 3 is 2.50 bits per heavy atom. The van der Waals surface area contributed by atoms with E-state index in [2.05, 4.69) is 0 Å². The van der Waals surface area contributed by atoms with Gasteiger partial charge in [-0.05, 0) is 30.5 Å². The molecule has 18 heavy (non-hydrogen) atoms. The van der Waals surface area contributed by atoms with E-state index in [-0.39, 0.29) is 0 Å². The molecule has 0 aromatic heterocycles. The smallest absolute Gasteiger partial charge is 0.321 e. The summed E-state index contributed by atoms with van der Waals surface area (Å²) in [6.07, 6.45) is 4.61. The van der Waals surface area contributed by atoms with Crippen LogP contribution in [0, 0.1) is 0 Å². The van der Waals surface area contributed by atoms with E-state index in [4.69, 9.17) is 23.2 Å². The standard InChI is InChI=1S/C13H14Cl2O2S/c14-10-6-5-8(7-11(10)15)12(13(16)17)18-9-3-1-2-4-9/h5-7,9,12H,1-4H2,(H,16,17)/t12-/m0/s1. The Morgan fingerprint density at radius 1 is 1.28 bits per heavy atom. The molecule has 0 heterocycles. The van der Waals surface area contributed by atoms with Gasteiger partial charge in [-0.3, -0.25) is 4.79 Å². The van der Waals surface area contributed by atoms with Crippen LogP contribution in [0.3, 0.4) is 0 Å². The Hall–Kier alpha value is -0.380. The van der Waals surface area contributed by atoms with Gasteiger partial charge in [0.15, 0.2) is 0 Å². The molecule has 5 heteroatoms. The maximum absolute atomic E-state index is 11.4. The van der Waals surface area contributed by atoms with Crippen LogP contribution in [0.2, 0.25) is 10.0 Å². The highest BCUT2D eigenvalue weighted by Crippen LogP contribution is 2.40. The predicted octanol–water partition coefficient (Wildman–Crippen LogP) is 4.79. The average molecular weight is 305 g/mol. The molecule has 2 rings (SSSR count). The van der Waals surface area contributed by atoms with Crippen LogP contribution in [0.25, 0.3) is 0 Å². The van der Waals surface area contributed by atoms with Gasteiger partial charge in [-0.15, -0.1) is 11.8 Å². The molecule has 0 amide bonds. The number of benzene rings is 1. The number of carboxylic acids is 1. The van der Waals surface area contributed by atoms with E-state index < -0.39 is 11.2 Å². The number of halogens is 2. The molecule has 1 aromatic rings. The topological polar surface area (TPSA) is 37.3 Å². The summed E-state index contributed by atoms with van der Waals surface area (Å²) in [5.74, 6) is -0.815. The monoisotopic (exact) mass is 304 g/mol. The Balaban J connectivity index is 2.17. The molecule has 1 N–H and O–H groups in total. The lowest BCUT2D eigenvalue weighted by atomic mass is 10.1. The minimum atomic E-state index is -0.815. The van der Waals surface area contributed by atoms with Crippen molar-refractivity contribution in [2.24, 2.45) is 0 Å². The van der Waals surface area contributed by atoms with E-state index in [0.717, 1.165) is 12.8 Å². The first-order valence-electron chi connectivity index (χ1n) is 5.91. The summed E-state index contributed by atoms with van der Waals surface area (Å²) in [4.78, 5) is 11.4. The number of carbonyl (C=O) groups is 1. The largest absolute Gasteiger partial charge is 0.480 e. The van der Waals surface area contributed by atoms with Crippen LogP contribution in [0.15, 0.2) is 18.2 Å². The summed E-state index contributed by atoms with van der Waals surface area (Å²) < 4.78 is 0. The lowest BCUT2D eigenvalue weighted by Crippen LogP contribution is -2.11. The van der Waals surface area contributed by atoms with Gasteiger partial charge in [0, 0.05) is 5.25 Å². The number of rotatable bonds is 4. The average Bonchev–Trinajstić information content (AvgIpc) is 2.82. The van der Waals surface area contributed by atoms with E-state index in [0.29, 0.717) is 20.9 Å². The van der Waals surface area contributed by atoms with Crippen molar-refractivity contribution >= 4 is 40.9 Å². The van der Waals surface area contributed by atoms with E-state index in [1.54, 1.807) is 18.2 Å². The third kappa shape index (κ3) is 3.34. The second-order valence-corrected chi connectivity index (χ2v) is 6.66. The van der Waals surface area contributed by atoms with Crippen molar-refractivity contribution in [2.45, 2.75) is 36.2 Å². The van der Waals surface area contributed by atoms with Crippen LogP contribution in [0.5, 0.6) is 0 Å². The molecular weight excluding hydrogens is 291 g/mol. The third-order valence-electron chi connectivity index (χ3n) is 3.10. The first kappa shape index (κ1) is 14.0. The van der Waals surface area contributed by atoms with Crippen molar-refractivity contribution in [1.82, 2.24) is 0 Å². The molecule has 0 bridgehead atoms. The molecule has 0 saturated heterocycles. The summed E-state index contributed by atoms with van der Waals surface area (Å²) in [5, 5.41) is 10.1. The number of aliphatic carboxylic acids is 1. The van der Waals surface area contributed by atoms with E-state index in [1.807, 2.05) is 0 Å². The fourth-order valence-electron chi connectivity index (χ4n) is 2.17. The lowest BCUT2D eigenvalue weighted by molar-refractivity contribution is -0.136. The van der Waals surface area contributed by atoms with Gasteiger partial charge in [-0.1, -0.05) is 42.1 Å². The number of carboxylic acid groups (broad SMARTS) is 1. The summed E-state index contributed by atoms with van der Waals surface area (Å²) in [7, 11) is 0. The van der Waals surface area contributed by atoms with Crippen LogP contribution in [0.4, 0.5) is 0 Å². The number of hydrogen-bond donors (Lipinski definition) is 1. The Labute approximate surface area is 121 Å². The molecule has 0 spiro atoms. The van der Waals surface area contributed by atoms with Crippen LogP contribution in [0.1, 0.15) is 36.5 Å². The van der Waals surface area contributed by atoms with Gasteiger partial charge in [0.05, 0.1) is 10.0 Å². The van der Waals surface area contributed by atoms with Crippen LogP contribution in [-0.2, 0) is 4.79 Å². The fourth-order valence-corrected chi connectivity index (χ4v) is 3.89. The second kappa shape index (κ2) is 6.18. The normalized spacial score (nSPS) is 17.9. The van der Waals surface area contributed by atoms with Crippen LogP contribution in [-0.4, -0.2) is 16.3 Å². The SMILES string of the molecule is O=C(O)[C@@H](SC1CCCC1)c1ccc(Cl)c(Cl)c1. The number of hydrogen-bond acceptors (Lipinski definition) is 2. The van der Waals surface area contributed by atoms with Crippen LogP contribution >= 0.6 is 35.0 Å². The molecule has 98 valence electrons. The van der Waals surface area contributed by atoms with Gasteiger partial charge < -0.3 is 5.11 Å². The maximum atomic E-state index is 11.4. The second-order valence-electron chi connectivity index (χ2n) is 4.43. The molecule has 1 saturated carbocycles. The summed E-state index contributed by atoms with van der Waals surface area (Å²) in [5.41, 5.74) is 0.716. The molecule has 1 fully saturated rings. The van der Waals surface area contributed by atoms with Crippen molar-refractivity contribution in [3.63, 3.8) is 0 Å². The van der Waals surface area contributed by atoms with Crippen molar-refractivity contribution in [1.29, 1.82) is 0 Å². The van der Waals surface area contributed by atoms with E-state index >= 15 is 0 Å². The molecule has 0 unspecified atom stereocenters. The highest BCUT2D eigenvalue weighted by molar-refractivity contribution is 8.00. The van der Waals surface area contributed by atoms with Crippen LogP contribution < -0.4 is 0 Å². The Morgan fingerprint density at radius 2 is 1.94 bits per heavy atom. The zero-order chi connectivity index (χ0) is 13.1. The minimum Gasteiger partial charge on any atom is -0.480 e. The Kier molecular flexibility index (Phi) is 4.82. The Bertz CT molecular complexity index is 445. The van der Waals surface area contributed by atoms with Crippen molar-refractivity contribution in [3.05, 3.63) is 33.8 Å². The summed E-state index contributed by atoms with van der Waals surface area (Å²) in [6.45, 7) is 0. The summed E-state index contributed by atoms with van der Waals surface area (Å²) in [6, 6.07) is 5.06. The first-order valence-corrected chi connectivity index (χ1v) is 7.61. The molecule has 0 aliphatic heterocycles. The molecule has 2 nitrogen and oxygen atoms in total. The number of thioether (sulfide) groups is 1. The predicted molar refractivity (Wildman–Crippen MR) is 76.7 cm³/mol. The van der Waals surface area contributed by atoms with E-state index in [9.17, 15) is 9.90 Å². The van der Waals surface area contributed by atoms with Gasteiger partial charge in [-0.25, -0.2) is 0 Å². The molecule has 0 radical (unpaired) electrons. The van der Waals surface area contributed by atoms with Gasteiger partial charge in [0.1, 0.15) is 5.25 Å². The van der Waals surface area contributed by atoms with E-state index in [1.165, 1.54) is 24.6 Å². The third-order valence-corrected chi connectivity index (χ3v) is 5.44.